The highest BCUT2D eigenvalue weighted by molar-refractivity contribution is 7.91. The van der Waals surface area contributed by atoms with Crippen LogP contribution in [0.3, 0.4) is 0 Å². The first-order chi connectivity index (χ1) is 20.1. The highest BCUT2D eigenvalue weighted by Crippen LogP contribution is 2.39. The number of sulfone groups is 1. The molecule has 1 saturated heterocycles. The second-order valence-electron chi connectivity index (χ2n) is 10.5. The van der Waals surface area contributed by atoms with Gasteiger partial charge in [-0.15, -0.1) is 0 Å². The average Bonchev–Trinajstić information content (AvgIpc) is 2.98. The SMILES string of the molecule is C=CC(=O)N1CCN(c2cc3cnc(Nc4cccc(N5CCS(=O)(=O)CC5)c4)nc3n(C)c2=O)c2cccc(C)c21. The first-order valence-corrected chi connectivity index (χ1v) is 15.5. The zero-order valence-corrected chi connectivity index (χ0v) is 24.3. The summed E-state index contributed by atoms with van der Waals surface area (Å²) in [5.74, 6) is 0.436. The number of aryl methyl sites for hydroxylation is 2. The largest absolute Gasteiger partial charge is 0.369 e. The number of pyridine rings is 1. The minimum Gasteiger partial charge on any atom is -0.369 e. The number of rotatable bonds is 5. The molecule has 2 aromatic carbocycles. The molecule has 0 spiro atoms. The van der Waals surface area contributed by atoms with Crippen LogP contribution in [0.15, 0.2) is 72.2 Å². The topological polar surface area (TPSA) is 121 Å². The Kier molecular flexibility index (Phi) is 6.93. The van der Waals surface area contributed by atoms with E-state index in [1.165, 1.54) is 10.6 Å². The summed E-state index contributed by atoms with van der Waals surface area (Å²) >= 11 is 0. The summed E-state index contributed by atoms with van der Waals surface area (Å²) < 4.78 is 25.2. The number of hydrogen-bond acceptors (Lipinski definition) is 9. The molecule has 0 radical (unpaired) electrons. The van der Waals surface area contributed by atoms with Crippen molar-refractivity contribution in [2.75, 3.05) is 57.7 Å². The fraction of sp³-hybridized carbons (Fsp3) is 0.267. The Balaban J connectivity index is 1.31. The number of carbonyl (C=O) groups excluding carboxylic acids is 1. The minimum atomic E-state index is -2.97. The highest BCUT2D eigenvalue weighted by Gasteiger charge is 2.29. The van der Waals surface area contributed by atoms with Gasteiger partial charge in [-0.1, -0.05) is 24.8 Å². The number of hydrogen-bond donors (Lipinski definition) is 1. The lowest BCUT2D eigenvalue weighted by molar-refractivity contribution is -0.114. The number of anilines is 6. The lowest BCUT2D eigenvalue weighted by Gasteiger charge is -2.38. The zero-order chi connectivity index (χ0) is 29.6. The number of amides is 1. The lowest BCUT2D eigenvalue weighted by Crippen LogP contribution is -2.43. The van der Waals surface area contributed by atoms with Gasteiger partial charge in [0, 0.05) is 56.2 Å². The summed E-state index contributed by atoms with van der Waals surface area (Å²) in [5.41, 5.74) is 4.87. The first kappa shape index (κ1) is 27.5. The number of benzene rings is 2. The molecule has 4 aromatic rings. The molecular formula is C30H31N7O4S. The van der Waals surface area contributed by atoms with Gasteiger partial charge in [0.15, 0.2) is 9.84 Å². The molecule has 0 unspecified atom stereocenters. The molecule has 4 heterocycles. The fourth-order valence-electron chi connectivity index (χ4n) is 5.59. The van der Waals surface area contributed by atoms with E-state index in [1.54, 1.807) is 24.2 Å². The molecule has 0 bridgehead atoms. The number of para-hydroxylation sites is 1. The Morgan fingerprint density at radius 2 is 1.79 bits per heavy atom. The van der Waals surface area contributed by atoms with E-state index in [1.807, 2.05) is 59.2 Å². The predicted octanol–water partition coefficient (Wildman–Crippen LogP) is 3.29. The van der Waals surface area contributed by atoms with Crippen molar-refractivity contribution in [1.82, 2.24) is 14.5 Å². The molecule has 1 N–H and O–H groups in total. The number of fused-ring (bicyclic) bond motifs is 2. The summed E-state index contributed by atoms with van der Waals surface area (Å²) in [6, 6.07) is 15.2. The third-order valence-corrected chi connectivity index (χ3v) is 9.41. The van der Waals surface area contributed by atoms with E-state index in [0.29, 0.717) is 48.8 Å². The highest BCUT2D eigenvalue weighted by atomic mass is 32.2. The first-order valence-electron chi connectivity index (χ1n) is 13.7. The molecule has 1 amide bonds. The van der Waals surface area contributed by atoms with Crippen LogP contribution in [-0.4, -0.2) is 66.5 Å². The lowest BCUT2D eigenvalue weighted by atomic mass is 10.1. The Bertz CT molecular complexity index is 1890. The van der Waals surface area contributed by atoms with Crippen molar-refractivity contribution in [3.8, 4) is 0 Å². The van der Waals surface area contributed by atoms with Gasteiger partial charge in [-0.05, 0) is 48.9 Å². The quantitative estimate of drug-likeness (QED) is 0.352. The van der Waals surface area contributed by atoms with Gasteiger partial charge in [-0.2, -0.15) is 4.98 Å². The fourth-order valence-corrected chi connectivity index (χ4v) is 6.79. The van der Waals surface area contributed by atoms with E-state index in [4.69, 9.17) is 0 Å². The van der Waals surface area contributed by atoms with Gasteiger partial charge in [-0.25, -0.2) is 13.4 Å². The summed E-state index contributed by atoms with van der Waals surface area (Å²) in [4.78, 5) is 41.1. The Morgan fingerprint density at radius 3 is 2.55 bits per heavy atom. The summed E-state index contributed by atoms with van der Waals surface area (Å²) in [6.45, 7) is 7.34. The normalized spacial score (nSPS) is 16.3. The van der Waals surface area contributed by atoms with Crippen LogP contribution < -0.4 is 25.6 Å². The molecule has 0 atom stereocenters. The third kappa shape index (κ3) is 4.98. The molecule has 2 aliphatic heterocycles. The van der Waals surface area contributed by atoms with Gasteiger partial charge in [0.05, 0.1) is 22.9 Å². The van der Waals surface area contributed by atoms with Crippen LogP contribution in [0.1, 0.15) is 5.56 Å². The van der Waals surface area contributed by atoms with E-state index < -0.39 is 9.84 Å². The van der Waals surface area contributed by atoms with Gasteiger partial charge >= 0.3 is 0 Å². The van der Waals surface area contributed by atoms with Gasteiger partial charge in [0.2, 0.25) is 5.95 Å². The second kappa shape index (κ2) is 10.6. The van der Waals surface area contributed by atoms with Crippen LogP contribution in [0.2, 0.25) is 0 Å². The van der Waals surface area contributed by atoms with Crippen LogP contribution in [0, 0.1) is 6.92 Å². The van der Waals surface area contributed by atoms with Crippen LogP contribution in [0.25, 0.3) is 11.0 Å². The van der Waals surface area contributed by atoms with E-state index in [-0.39, 0.29) is 23.0 Å². The van der Waals surface area contributed by atoms with Crippen molar-refractivity contribution in [3.63, 3.8) is 0 Å². The number of nitrogens with one attached hydrogen (secondary N) is 1. The zero-order valence-electron chi connectivity index (χ0n) is 23.4. The van der Waals surface area contributed by atoms with Crippen molar-refractivity contribution in [3.05, 3.63) is 83.3 Å². The van der Waals surface area contributed by atoms with Gasteiger partial charge in [0.1, 0.15) is 11.3 Å². The second-order valence-corrected chi connectivity index (χ2v) is 12.8. The van der Waals surface area contributed by atoms with Crippen LogP contribution in [-0.2, 0) is 21.7 Å². The number of nitrogens with zero attached hydrogens (tertiary/aromatic N) is 6. The van der Waals surface area contributed by atoms with E-state index in [0.717, 1.165) is 28.3 Å². The summed E-state index contributed by atoms with van der Waals surface area (Å²) in [7, 11) is -1.29. The van der Waals surface area contributed by atoms with Crippen molar-refractivity contribution < 1.29 is 13.2 Å². The maximum Gasteiger partial charge on any atom is 0.275 e. The molecule has 0 saturated carbocycles. The maximum absolute atomic E-state index is 13.7. The molecule has 12 heteroatoms. The molecule has 11 nitrogen and oxygen atoms in total. The molecule has 1 fully saturated rings. The van der Waals surface area contributed by atoms with E-state index in [2.05, 4.69) is 21.9 Å². The summed E-state index contributed by atoms with van der Waals surface area (Å²) in [5, 5.41) is 3.91. The molecule has 0 aliphatic carbocycles. The standard InChI is InChI=1S/C30H31N7O4S/c1-4-26(38)37-12-11-36(24-10-5-7-20(2)27(24)37)25-17-21-19-31-30(33-28(21)34(3)29(25)39)32-22-8-6-9-23(18-22)35-13-15-42(40,41)16-14-35/h4-10,17-19H,1,11-16H2,2-3H3,(H,31,32,33). The number of aromatic nitrogens is 3. The van der Waals surface area contributed by atoms with Gasteiger partial charge in [0.25, 0.3) is 11.5 Å². The maximum atomic E-state index is 13.7. The molecule has 42 heavy (non-hydrogen) atoms. The van der Waals surface area contributed by atoms with Crippen molar-refractivity contribution in [2.24, 2.45) is 7.05 Å². The van der Waals surface area contributed by atoms with Gasteiger partial charge < -0.3 is 20.0 Å². The third-order valence-electron chi connectivity index (χ3n) is 7.80. The Hall–Kier alpha value is -4.71. The molecule has 2 aromatic heterocycles. The molecule has 2 aliphatic rings. The average molecular weight is 586 g/mol. The summed E-state index contributed by atoms with van der Waals surface area (Å²) in [6.07, 6.45) is 2.99. The monoisotopic (exact) mass is 585 g/mol. The van der Waals surface area contributed by atoms with Crippen LogP contribution in [0.4, 0.5) is 34.4 Å². The Morgan fingerprint density at radius 1 is 1.02 bits per heavy atom. The van der Waals surface area contributed by atoms with Gasteiger partial charge in [-0.3, -0.25) is 14.2 Å². The van der Waals surface area contributed by atoms with Crippen LogP contribution >= 0.6 is 0 Å². The smallest absolute Gasteiger partial charge is 0.275 e. The van der Waals surface area contributed by atoms with E-state index >= 15 is 0 Å². The van der Waals surface area contributed by atoms with Crippen molar-refractivity contribution >= 4 is 61.2 Å². The molecule has 6 rings (SSSR count). The molecule has 216 valence electrons. The minimum absolute atomic E-state index is 0.141. The van der Waals surface area contributed by atoms with Crippen molar-refractivity contribution in [1.29, 1.82) is 0 Å². The number of carbonyl (C=O) groups is 1. The van der Waals surface area contributed by atoms with Crippen molar-refractivity contribution in [2.45, 2.75) is 6.92 Å². The Labute approximate surface area is 243 Å². The van der Waals surface area contributed by atoms with E-state index in [9.17, 15) is 18.0 Å². The van der Waals surface area contributed by atoms with Crippen LogP contribution in [0.5, 0.6) is 0 Å². The predicted molar refractivity (Wildman–Crippen MR) is 166 cm³/mol. The molecular weight excluding hydrogens is 554 g/mol.